The zero-order valence-electron chi connectivity index (χ0n) is 23.5. The SMILES string of the molecule is CNCCN(Cc1nn(C(=O)OC(C)(C)C)c(C)c1B1OC(C)(C)C(C)(C)O1)C(=O)OC(C)(C)C. The Morgan fingerprint density at radius 3 is 2.00 bits per heavy atom. The van der Waals surface area contributed by atoms with Gasteiger partial charge in [-0.2, -0.15) is 9.78 Å². The van der Waals surface area contributed by atoms with Crippen LogP contribution in [0.1, 0.15) is 80.6 Å². The second kappa shape index (κ2) is 10.1. The van der Waals surface area contributed by atoms with Gasteiger partial charge < -0.3 is 29.0 Å². The molecule has 1 N–H and O–H groups in total. The van der Waals surface area contributed by atoms with Gasteiger partial charge in [0.05, 0.1) is 23.4 Å². The first-order valence-corrected chi connectivity index (χ1v) is 12.1. The molecule has 1 fully saturated rings. The van der Waals surface area contributed by atoms with E-state index in [0.29, 0.717) is 29.9 Å². The van der Waals surface area contributed by atoms with Crippen LogP contribution in [0.4, 0.5) is 9.59 Å². The third kappa shape index (κ3) is 7.21. The molecule has 35 heavy (non-hydrogen) atoms. The lowest BCUT2D eigenvalue weighted by atomic mass is 9.77. The van der Waals surface area contributed by atoms with Crippen LogP contribution in [0.3, 0.4) is 0 Å². The number of amides is 1. The predicted molar refractivity (Wildman–Crippen MR) is 135 cm³/mol. The van der Waals surface area contributed by atoms with Gasteiger partial charge in [-0.25, -0.2) is 9.59 Å². The number of ether oxygens (including phenoxy) is 2. The Kier molecular flexibility index (Phi) is 8.41. The van der Waals surface area contributed by atoms with Crippen LogP contribution in [0.15, 0.2) is 0 Å². The molecule has 10 nitrogen and oxygen atoms in total. The van der Waals surface area contributed by atoms with Gasteiger partial charge in [-0.1, -0.05) is 0 Å². The number of aromatic nitrogens is 2. The molecule has 0 atom stereocenters. The topological polar surface area (TPSA) is 104 Å². The van der Waals surface area contributed by atoms with Crippen LogP contribution in [0.5, 0.6) is 0 Å². The quantitative estimate of drug-likeness (QED) is 0.602. The molecule has 1 saturated heterocycles. The Morgan fingerprint density at radius 2 is 1.54 bits per heavy atom. The minimum absolute atomic E-state index is 0.104. The van der Waals surface area contributed by atoms with Crippen LogP contribution in [0.2, 0.25) is 0 Å². The molecule has 198 valence electrons. The zero-order valence-corrected chi connectivity index (χ0v) is 23.5. The molecule has 1 aromatic rings. The van der Waals surface area contributed by atoms with E-state index >= 15 is 0 Å². The van der Waals surface area contributed by atoms with Crippen molar-refractivity contribution in [3.05, 3.63) is 11.4 Å². The summed E-state index contributed by atoms with van der Waals surface area (Å²) in [6, 6.07) is 0. The Bertz CT molecular complexity index is 914. The molecule has 0 radical (unpaired) electrons. The maximum Gasteiger partial charge on any atom is 0.498 e. The molecule has 1 amide bonds. The molecule has 0 aromatic carbocycles. The van der Waals surface area contributed by atoms with Gasteiger partial charge in [0.15, 0.2) is 0 Å². The number of nitrogens with zero attached hydrogens (tertiary/aromatic N) is 3. The first-order valence-electron chi connectivity index (χ1n) is 12.1. The first-order chi connectivity index (χ1) is 15.8. The number of likely N-dealkylation sites (N-methyl/N-ethyl adjacent to an activating group) is 1. The highest BCUT2D eigenvalue weighted by molar-refractivity contribution is 6.63. The molecule has 1 aliphatic heterocycles. The van der Waals surface area contributed by atoms with E-state index in [9.17, 15) is 9.59 Å². The molecule has 1 aromatic heterocycles. The van der Waals surface area contributed by atoms with Gasteiger partial charge in [0.2, 0.25) is 0 Å². The largest absolute Gasteiger partial charge is 0.498 e. The standard InChI is InChI=1S/C24H43BN4O6/c1-16-18(25-34-23(8,9)24(10,11)35-25)17(27-29(16)20(31)33-22(5,6)7)15-28(14-13-26-12)19(30)32-21(2,3)4/h26H,13-15H2,1-12H3. The highest BCUT2D eigenvalue weighted by Crippen LogP contribution is 2.37. The summed E-state index contributed by atoms with van der Waals surface area (Å²) in [5.74, 6) is 0. The van der Waals surface area contributed by atoms with Gasteiger partial charge >= 0.3 is 19.3 Å². The Hall–Kier alpha value is -2.11. The number of hydrogen-bond acceptors (Lipinski definition) is 8. The van der Waals surface area contributed by atoms with Crippen molar-refractivity contribution in [3.63, 3.8) is 0 Å². The third-order valence-electron chi connectivity index (χ3n) is 5.92. The number of carbonyl (C=O) groups excluding carboxylic acids is 2. The van der Waals surface area contributed by atoms with E-state index in [2.05, 4.69) is 10.4 Å². The van der Waals surface area contributed by atoms with Crippen LogP contribution in [-0.4, -0.2) is 76.5 Å². The summed E-state index contributed by atoms with van der Waals surface area (Å²) >= 11 is 0. The molecule has 2 heterocycles. The van der Waals surface area contributed by atoms with E-state index in [1.54, 1.807) is 32.6 Å². The van der Waals surface area contributed by atoms with Crippen molar-refractivity contribution in [1.29, 1.82) is 0 Å². The monoisotopic (exact) mass is 494 g/mol. The van der Waals surface area contributed by atoms with Crippen molar-refractivity contribution in [2.45, 2.75) is 105 Å². The summed E-state index contributed by atoms with van der Waals surface area (Å²) in [4.78, 5) is 27.5. The van der Waals surface area contributed by atoms with Crippen LogP contribution in [-0.2, 0) is 25.3 Å². The normalized spacial score (nSPS) is 17.4. The highest BCUT2D eigenvalue weighted by atomic mass is 16.7. The first kappa shape index (κ1) is 29.1. The van der Waals surface area contributed by atoms with Crippen molar-refractivity contribution in [2.75, 3.05) is 20.1 Å². The smallest absolute Gasteiger partial charge is 0.444 e. The lowest BCUT2D eigenvalue weighted by Gasteiger charge is -2.32. The van der Waals surface area contributed by atoms with Gasteiger partial charge in [-0.3, -0.25) is 0 Å². The van der Waals surface area contributed by atoms with E-state index in [1.807, 2.05) is 55.5 Å². The molecule has 0 spiro atoms. The summed E-state index contributed by atoms with van der Waals surface area (Å²) in [5, 5.41) is 7.63. The molecular formula is C24H43BN4O6. The molecular weight excluding hydrogens is 451 g/mol. The van der Waals surface area contributed by atoms with E-state index in [0.717, 1.165) is 0 Å². The van der Waals surface area contributed by atoms with E-state index in [4.69, 9.17) is 18.8 Å². The molecule has 0 saturated carbocycles. The predicted octanol–water partition coefficient (Wildman–Crippen LogP) is 3.23. The van der Waals surface area contributed by atoms with Gasteiger partial charge in [-0.15, -0.1) is 0 Å². The van der Waals surface area contributed by atoms with Gasteiger partial charge in [0.1, 0.15) is 11.2 Å². The van der Waals surface area contributed by atoms with Crippen LogP contribution >= 0.6 is 0 Å². The van der Waals surface area contributed by atoms with Gasteiger partial charge in [-0.05, 0) is 83.2 Å². The average Bonchev–Trinajstić information content (AvgIpc) is 3.07. The number of carbonyl (C=O) groups is 2. The summed E-state index contributed by atoms with van der Waals surface area (Å²) in [7, 11) is 1.04. The van der Waals surface area contributed by atoms with E-state index in [-0.39, 0.29) is 6.54 Å². The molecule has 0 bridgehead atoms. The molecule has 11 heteroatoms. The van der Waals surface area contributed by atoms with Crippen molar-refractivity contribution >= 4 is 24.8 Å². The summed E-state index contributed by atoms with van der Waals surface area (Å²) in [6.45, 7) is 21.5. The fourth-order valence-corrected chi connectivity index (χ4v) is 3.43. The zero-order chi connectivity index (χ0) is 27.0. The van der Waals surface area contributed by atoms with Crippen molar-refractivity contribution < 1.29 is 28.4 Å². The van der Waals surface area contributed by atoms with E-state index in [1.165, 1.54) is 4.68 Å². The second-order valence-corrected chi connectivity index (χ2v) is 11.9. The maximum absolute atomic E-state index is 13.0. The Labute approximate surface area is 210 Å². The van der Waals surface area contributed by atoms with Gasteiger partial charge in [0, 0.05) is 24.2 Å². The fraction of sp³-hybridized carbons (Fsp3) is 0.792. The Balaban J connectivity index is 2.53. The lowest BCUT2D eigenvalue weighted by molar-refractivity contribution is 0.00578. The van der Waals surface area contributed by atoms with Crippen molar-refractivity contribution in [3.8, 4) is 0 Å². The minimum Gasteiger partial charge on any atom is -0.444 e. The van der Waals surface area contributed by atoms with E-state index < -0.39 is 41.7 Å². The minimum atomic E-state index is -0.768. The van der Waals surface area contributed by atoms with Crippen molar-refractivity contribution in [1.82, 2.24) is 20.0 Å². The van der Waals surface area contributed by atoms with Crippen LogP contribution < -0.4 is 10.8 Å². The second-order valence-electron chi connectivity index (χ2n) is 11.9. The number of nitrogens with one attached hydrogen (secondary N) is 1. The number of hydrogen-bond donors (Lipinski definition) is 1. The molecule has 1 aliphatic rings. The highest BCUT2D eigenvalue weighted by Gasteiger charge is 2.53. The fourth-order valence-electron chi connectivity index (χ4n) is 3.43. The summed E-state index contributed by atoms with van der Waals surface area (Å²) < 4.78 is 25.0. The van der Waals surface area contributed by atoms with Crippen LogP contribution in [0, 0.1) is 6.92 Å². The molecule has 0 aliphatic carbocycles. The van der Waals surface area contributed by atoms with Gasteiger partial charge in [0.25, 0.3) is 0 Å². The summed E-state index contributed by atoms with van der Waals surface area (Å²) in [5.41, 5.74) is -0.921. The average molecular weight is 494 g/mol. The maximum atomic E-state index is 13.0. The third-order valence-corrected chi connectivity index (χ3v) is 5.92. The molecule has 0 unspecified atom stereocenters. The number of rotatable bonds is 6. The Morgan fingerprint density at radius 1 is 1.03 bits per heavy atom. The molecule has 2 rings (SSSR count). The van der Waals surface area contributed by atoms with Crippen LogP contribution in [0.25, 0.3) is 0 Å². The lowest BCUT2D eigenvalue weighted by Crippen LogP contribution is -2.43. The summed E-state index contributed by atoms with van der Waals surface area (Å²) in [6.07, 6.45) is -1.09. The van der Waals surface area contributed by atoms with Crippen molar-refractivity contribution in [2.24, 2.45) is 0 Å².